The Labute approximate surface area is 163 Å². The van der Waals surface area contributed by atoms with Crippen molar-refractivity contribution in [2.75, 3.05) is 19.6 Å². The maximum absolute atomic E-state index is 14.4. The highest BCUT2D eigenvalue weighted by atomic mass is 35.5. The van der Waals surface area contributed by atoms with Crippen LogP contribution < -0.4 is 5.32 Å². The Balaban J connectivity index is 1.62. The smallest absolute Gasteiger partial charge is 0.220 e. The first-order chi connectivity index (χ1) is 13.0. The number of hydrogen-bond acceptors (Lipinski definition) is 2. The van der Waals surface area contributed by atoms with E-state index in [1.54, 1.807) is 24.3 Å². The van der Waals surface area contributed by atoms with Gasteiger partial charge in [0, 0.05) is 23.6 Å². The molecule has 0 radical (unpaired) electrons. The third-order valence-corrected chi connectivity index (χ3v) is 5.29. The standard InChI is InChI=1S/C21H23ClF2N2O/c22-17-4-3-5-18(24)21(17)19(26-12-1-2-13-26)14-25-20(27)11-8-15-6-9-16(23)10-7-15/h3-7,9-10,19H,1-2,8,11-14H2,(H,25,27). The van der Waals surface area contributed by atoms with Crippen LogP contribution in [0.3, 0.4) is 0 Å². The van der Waals surface area contributed by atoms with Crippen LogP contribution in [0, 0.1) is 11.6 Å². The Morgan fingerprint density at radius 1 is 1.11 bits per heavy atom. The molecule has 0 aliphatic carbocycles. The molecule has 1 aliphatic rings. The molecule has 1 N–H and O–H groups in total. The maximum Gasteiger partial charge on any atom is 0.220 e. The molecule has 1 amide bonds. The third-order valence-electron chi connectivity index (χ3n) is 4.96. The van der Waals surface area contributed by atoms with Crippen molar-refractivity contribution >= 4 is 17.5 Å². The van der Waals surface area contributed by atoms with Gasteiger partial charge in [-0.15, -0.1) is 0 Å². The molecule has 0 aromatic heterocycles. The second kappa shape index (κ2) is 9.29. The van der Waals surface area contributed by atoms with E-state index in [1.165, 1.54) is 18.2 Å². The Bertz CT molecular complexity index is 756. The minimum atomic E-state index is -0.347. The summed E-state index contributed by atoms with van der Waals surface area (Å²) >= 11 is 6.26. The van der Waals surface area contributed by atoms with E-state index in [2.05, 4.69) is 10.2 Å². The van der Waals surface area contributed by atoms with Crippen molar-refractivity contribution in [3.8, 4) is 0 Å². The number of amides is 1. The third kappa shape index (κ3) is 5.27. The lowest BCUT2D eigenvalue weighted by atomic mass is 10.0. The molecule has 0 bridgehead atoms. The minimum absolute atomic E-state index is 0.115. The van der Waals surface area contributed by atoms with Gasteiger partial charge in [-0.1, -0.05) is 29.8 Å². The van der Waals surface area contributed by atoms with Gasteiger partial charge >= 0.3 is 0 Å². The molecule has 1 atom stereocenters. The highest BCUT2D eigenvalue weighted by Crippen LogP contribution is 2.31. The quantitative estimate of drug-likeness (QED) is 0.752. The average Bonchev–Trinajstić information content (AvgIpc) is 3.18. The summed E-state index contributed by atoms with van der Waals surface area (Å²) in [6.45, 7) is 2.03. The molecule has 2 aromatic rings. The van der Waals surface area contributed by atoms with Gasteiger partial charge in [-0.2, -0.15) is 0 Å². The molecule has 6 heteroatoms. The average molecular weight is 393 g/mol. The second-order valence-corrected chi connectivity index (χ2v) is 7.23. The Kier molecular flexibility index (Phi) is 6.80. The molecule has 1 unspecified atom stereocenters. The van der Waals surface area contributed by atoms with Gasteiger partial charge in [0.1, 0.15) is 11.6 Å². The van der Waals surface area contributed by atoms with E-state index < -0.39 is 0 Å². The van der Waals surface area contributed by atoms with Crippen molar-refractivity contribution in [2.24, 2.45) is 0 Å². The van der Waals surface area contributed by atoms with Crippen LogP contribution in [0.1, 0.15) is 36.4 Å². The van der Waals surface area contributed by atoms with Gasteiger partial charge in [0.25, 0.3) is 0 Å². The fourth-order valence-corrected chi connectivity index (χ4v) is 3.79. The van der Waals surface area contributed by atoms with Crippen molar-refractivity contribution in [3.63, 3.8) is 0 Å². The number of carbonyl (C=O) groups excluding carboxylic acids is 1. The lowest BCUT2D eigenvalue weighted by Gasteiger charge is -2.29. The monoisotopic (exact) mass is 392 g/mol. The number of nitrogens with zero attached hydrogens (tertiary/aromatic N) is 1. The number of hydrogen-bond donors (Lipinski definition) is 1. The predicted octanol–water partition coefficient (Wildman–Crippen LogP) is 4.50. The van der Waals surface area contributed by atoms with Gasteiger partial charge in [-0.25, -0.2) is 8.78 Å². The molecule has 1 aliphatic heterocycles. The molecule has 1 heterocycles. The molecule has 3 rings (SSSR count). The van der Waals surface area contributed by atoms with Crippen LogP contribution in [0.15, 0.2) is 42.5 Å². The summed E-state index contributed by atoms with van der Waals surface area (Å²) < 4.78 is 27.4. The fourth-order valence-electron chi connectivity index (χ4n) is 3.50. The first kappa shape index (κ1) is 19.8. The molecule has 144 valence electrons. The maximum atomic E-state index is 14.4. The van der Waals surface area contributed by atoms with Crippen molar-refractivity contribution in [1.29, 1.82) is 0 Å². The number of carbonyl (C=O) groups is 1. The number of likely N-dealkylation sites (tertiary alicyclic amines) is 1. The Morgan fingerprint density at radius 2 is 1.81 bits per heavy atom. The SMILES string of the molecule is O=C(CCc1ccc(F)cc1)NCC(c1c(F)cccc1Cl)N1CCCC1. The highest BCUT2D eigenvalue weighted by Gasteiger charge is 2.28. The van der Waals surface area contributed by atoms with E-state index in [0.29, 0.717) is 30.0 Å². The van der Waals surface area contributed by atoms with E-state index >= 15 is 0 Å². The van der Waals surface area contributed by atoms with Gasteiger partial charge in [-0.05, 0) is 62.2 Å². The van der Waals surface area contributed by atoms with Crippen LogP contribution in [0.4, 0.5) is 8.78 Å². The molecule has 27 heavy (non-hydrogen) atoms. The number of nitrogens with one attached hydrogen (secondary N) is 1. The van der Waals surface area contributed by atoms with Crippen molar-refractivity contribution in [1.82, 2.24) is 10.2 Å². The second-order valence-electron chi connectivity index (χ2n) is 6.82. The van der Waals surface area contributed by atoms with Crippen LogP contribution in [0.25, 0.3) is 0 Å². The first-order valence-corrected chi connectivity index (χ1v) is 9.61. The lowest BCUT2D eigenvalue weighted by molar-refractivity contribution is -0.121. The van der Waals surface area contributed by atoms with Gasteiger partial charge < -0.3 is 5.32 Å². The zero-order chi connectivity index (χ0) is 19.2. The van der Waals surface area contributed by atoms with Crippen LogP contribution in [0.2, 0.25) is 5.02 Å². The van der Waals surface area contributed by atoms with Crippen LogP contribution in [-0.4, -0.2) is 30.4 Å². The fraction of sp³-hybridized carbons (Fsp3) is 0.381. The molecule has 1 saturated heterocycles. The van der Waals surface area contributed by atoms with Gasteiger partial charge in [-0.3, -0.25) is 9.69 Å². The highest BCUT2D eigenvalue weighted by molar-refractivity contribution is 6.31. The summed E-state index contributed by atoms with van der Waals surface area (Å²) in [5, 5.41) is 3.30. The normalized spacial score (nSPS) is 15.7. The topological polar surface area (TPSA) is 32.3 Å². The number of aryl methyl sites for hydroxylation is 1. The molecule has 2 aromatic carbocycles. The summed E-state index contributed by atoms with van der Waals surface area (Å²) in [5.41, 5.74) is 1.35. The van der Waals surface area contributed by atoms with E-state index in [1.807, 2.05) is 0 Å². The zero-order valence-corrected chi connectivity index (χ0v) is 15.8. The predicted molar refractivity (Wildman–Crippen MR) is 103 cm³/mol. The van der Waals surface area contributed by atoms with E-state index in [4.69, 9.17) is 11.6 Å². The molecule has 0 saturated carbocycles. The number of rotatable bonds is 7. The van der Waals surface area contributed by atoms with Crippen molar-refractivity contribution in [3.05, 3.63) is 70.2 Å². The summed E-state index contributed by atoms with van der Waals surface area (Å²) in [6.07, 6.45) is 2.94. The van der Waals surface area contributed by atoms with Crippen molar-refractivity contribution in [2.45, 2.75) is 31.7 Å². The Hall–Kier alpha value is -1.98. The molecular weight excluding hydrogens is 370 g/mol. The van der Waals surface area contributed by atoms with Crippen LogP contribution in [-0.2, 0) is 11.2 Å². The van der Waals surface area contributed by atoms with E-state index in [9.17, 15) is 13.6 Å². The molecule has 3 nitrogen and oxygen atoms in total. The minimum Gasteiger partial charge on any atom is -0.354 e. The molecule has 1 fully saturated rings. The summed E-state index contributed by atoms with van der Waals surface area (Å²) in [7, 11) is 0. The van der Waals surface area contributed by atoms with Crippen LogP contribution >= 0.6 is 11.6 Å². The van der Waals surface area contributed by atoms with Gasteiger partial charge in [0.2, 0.25) is 5.91 Å². The number of halogens is 3. The molecule has 0 spiro atoms. The van der Waals surface area contributed by atoms with Gasteiger partial charge in [0.05, 0.1) is 6.04 Å². The van der Waals surface area contributed by atoms with E-state index in [0.717, 1.165) is 31.5 Å². The van der Waals surface area contributed by atoms with Crippen LogP contribution in [0.5, 0.6) is 0 Å². The first-order valence-electron chi connectivity index (χ1n) is 9.23. The largest absolute Gasteiger partial charge is 0.354 e. The van der Waals surface area contributed by atoms with Gasteiger partial charge in [0.15, 0.2) is 0 Å². The number of benzene rings is 2. The van der Waals surface area contributed by atoms with Crippen molar-refractivity contribution < 1.29 is 13.6 Å². The molecular formula is C21H23ClF2N2O. The lowest BCUT2D eigenvalue weighted by Crippen LogP contribution is -2.37. The summed E-state index contributed by atoms with van der Waals surface area (Å²) in [5.74, 6) is -0.755. The summed E-state index contributed by atoms with van der Waals surface area (Å²) in [4.78, 5) is 14.4. The zero-order valence-electron chi connectivity index (χ0n) is 15.1. The van der Waals surface area contributed by atoms with E-state index in [-0.39, 0.29) is 23.6 Å². The Morgan fingerprint density at radius 3 is 2.48 bits per heavy atom. The summed E-state index contributed by atoms with van der Waals surface area (Å²) in [6, 6.07) is 10.5.